The zero-order valence-electron chi connectivity index (χ0n) is 10.7. The number of aliphatic hydroxyl groups is 1. The van der Waals surface area contributed by atoms with Gasteiger partial charge >= 0.3 is 0 Å². The van der Waals surface area contributed by atoms with Crippen molar-refractivity contribution in [3.63, 3.8) is 0 Å². The first-order chi connectivity index (χ1) is 9.76. The summed E-state index contributed by atoms with van der Waals surface area (Å²) in [5, 5.41) is 10.3. The third-order valence-electron chi connectivity index (χ3n) is 2.64. The third kappa shape index (κ3) is 3.32. The molecule has 0 unspecified atom stereocenters. The molecule has 2 N–H and O–H groups in total. The molecule has 1 heterocycles. The standard InChI is InChI=1S/C12H10Cl2FNO3S2/c1-6-5-20-10(4-17)12(6)21(18,19)16-7-2-8(13)11(15)9(14)3-7/h2-3,5,16-17H,4H2,1H3. The lowest BCUT2D eigenvalue weighted by Crippen LogP contribution is -2.15. The zero-order chi connectivity index (χ0) is 15.8. The van der Waals surface area contributed by atoms with Crippen molar-refractivity contribution in [2.45, 2.75) is 18.4 Å². The van der Waals surface area contributed by atoms with Gasteiger partial charge in [0, 0.05) is 0 Å². The first-order valence-corrected chi connectivity index (χ1v) is 8.73. The molecule has 0 saturated heterocycles. The first kappa shape index (κ1) is 16.5. The van der Waals surface area contributed by atoms with Gasteiger partial charge in [0.1, 0.15) is 4.90 Å². The van der Waals surface area contributed by atoms with Crippen molar-refractivity contribution < 1.29 is 17.9 Å². The second kappa shape index (κ2) is 6.10. The quantitative estimate of drug-likeness (QED) is 0.805. The van der Waals surface area contributed by atoms with Crippen LogP contribution in [-0.2, 0) is 16.6 Å². The molecule has 0 radical (unpaired) electrons. The molecule has 0 amide bonds. The summed E-state index contributed by atoms with van der Waals surface area (Å²) in [6.07, 6.45) is 0. The van der Waals surface area contributed by atoms with E-state index in [1.807, 2.05) is 0 Å². The predicted octanol–water partition coefficient (Wildman–Crippen LogP) is 3.80. The van der Waals surface area contributed by atoms with Crippen molar-refractivity contribution in [3.8, 4) is 0 Å². The summed E-state index contributed by atoms with van der Waals surface area (Å²) in [6, 6.07) is 2.25. The average molecular weight is 370 g/mol. The number of aryl methyl sites for hydroxylation is 1. The highest BCUT2D eigenvalue weighted by Gasteiger charge is 2.23. The van der Waals surface area contributed by atoms with Crippen molar-refractivity contribution in [2.75, 3.05) is 4.72 Å². The van der Waals surface area contributed by atoms with Crippen LogP contribution in [0.2, 0.25) is 10.0 Å². The van der Waals surface area contributed by atoms with Gasteiger partial charge in [0.2, 0.25) is 0 Å². The number of nitrogens with one attached hydrogen (secondary N) is 1. The van der Waals surface area contributed by atoms with Crippen LogP contribution >= 0.6 is 34.5 Å². The van der Waals surface area contributed by atoms with Crippen LogP contribution in [0.5, 0.6) is 0 Å². The van der Waals surface area contributed by atoms with Crippen molar-refractivity contribution >= 4 is 50.2 Å². The topological polar surface area (TPSA) is 66.4 Å². The van der Waals surface area contributed by atoms with Crippen LogP contribution in [0.4, 0.5) is 10.1 Å². The Morgan fingerprint density at radius 2 is 1.90 bits per heavy atom. The molecule has 0 bridgehead atoms. The van der Waals surface area contributed by atoms with Crippen LogP contribution in [0.25, 0.3) is 0 Å². The van der Waals surface area contributed by atoms with Crippen molar-refractivity contribution in [1.82, 2.24) is 0 Å². The van der Waals surface area contributed by atoms with Gasteiger partial charge in [0.25, 0.3) is 10.0 Å². The van der Waals surface area contributed by atoms with E-state index in [2.05, 4.69) is 4.72 Å². The van der Waals surface area contributed by atoms with Crippen LogP contribution in [0, 0.1) is 12.7 Å². The number of halogens is 3. The monoisotopic (exact) mass is 369 g/mol. The fourth-order valence-corrected chi connectivity index (χ4v) is 4.97. The van der Waals surface area contributed by atoms with Crippen LogP contribution in [0.3, 0.4) is 0 Å². The van der Waals surface area contributed by atoms with E-state index in [4.69, 9.17) is 23.2 Å². The lowest BCUT2D eigenvalue weighted by molar-refractivity contribution is 0.282. The lowest BCUT2D eigenvalue weighted by Gasteiger charge is -2.10. The van der Waals surface area contributed by atoms with E-state index < -0.39 is 15.8 Å². The molecule has 2 rings (SSSR count). The molecule has 21 heavy (non-hydrogen) atoms. The van der Waals surface area contributed by atoms with Gasteiger partial charge < -0.3 is 5.11 Å². The molecule has 0 spiro atoms. The smallest absolute Gasteiger partial charge is 0.263 e. The Balaban J connectivity index is 2.45. The number of hydrogen-bond acceptors (Lipinski definition) is 4. The van der Waals surface area contributed by atoms with Crippen LogP contribution in [0.15, 0.2) is 22.4 Å². The largest absolute Gasteiger partial charge is 0.391 e. The summed E-state index contributed by atoms with van der Waals surface area (Å²) in [4.78, 5) is 0.325. The molecule has 4 nitrogen and oxygen atoms in total. The SMILES string of the molecule is Cc1csc(CO)c1S(=O)(=O)Nc1cc(Cl)c(F)c(Cl)c1. The Kier molecular flexibility index (Phi) is 4.79. The number of anilines is 1. The Morgan fingerprint density at radius 1 is 1.33 bits per heavy atom. The zero-order valence-corrected chi connectivity index (χ0v) is 13.8. The van der Waals surface area contributed by atoms with Gasteiger partial charge in [-0.25, -0.2) is 12.8 Å². The Labute approximate surface area is 135 Å². The number of thiophene rings is 1. The minimum absolute atomic E-state index is 0.00608. The van der Waals surface area contributed by atoms with E-state index in [-0.39, 0.29) is 27.2 Å². The second-order valence-electron chi connectivity index (χ2n) is 4.19. The van der Waals surface area contributed by atoms with E-state index in [0.717, 1.165) is 23.5 Å². The van der Waals surface area contributed by atoms with Gasteiger partial charge in [-0.3, -0.25) is 4.72 Å². The molecule has 0 saturated carbocycles. The second-order valence-corrected chi connectivity index (χ2v) is 7.59. The molecule has 2 aromatic rings. The maximum atomic E-state index is 13.3. The summed E-state index contributed by atoms with van der Waals surface area (Å²) in [5.41, 5.74) is 0.553. The maximum Gasteiger partial charge on any atom is 0.263 e. The maximum absolute atomic E-state index is 13.3. The summed E-state index contributed by atoms with van der Waals surface area (Å²) in [6.45, 7) is 1.23. The Morgan fingerprint density at radius 3 is 2.43 bits per heavy atom. The molecule has 0 aliphatic heterocycles. The highest BCUT2D eigenvalue weighted by molar-refractivity contribution is 7.93. The molecule has 1 aromatic carbocycles. The van der Waals surface area contributed by atoms with Gasteiger partial charge in [-0.15, -0.1) is 11.3 Å². The van der Waals surface area contributed by atoms with E-state index in [1.165, 1.54) is 0 Å². The van der Waals surface area contributed by atoms with Crippen LogP contribution in [0.1, 0.15) is 10.4 Å². The van der Waals surface area contributed by atoms with E-state index >= 15 is 0 Å². The molecule has 0 aliphatic carbocycles. The van der Waals surface area contributed by atoms with Crippen molar-refractivity contribution in [2.24, 2.45) is 0 Å². The number of sulfonamides is 1. The highest BCUT2D eigenvalue weighted by Crippen LogP contribution is 2.31. The molecule has 114 valence electrons. The molecule has 0 aliphatic rings. The first-order valence-electron chi connectivity index (χ1n) is 5.61. The normalized spacial score (nSPS) is 11.7. The number of aliphatic hydroxyl groups excluding tert-OH is 1. The Bertz CT molecular complexity index is 767. The minimum atomic E-state index is -3.93. The number of benzene rings is 1. The molecule has 0 fully saturated rings. The Hall–Kier alpha value is -0.860. The summed E-state index contributed by atoms with van der Waals surface area (Å²) in [7, 11) is -3.93. The minimum Gasteiger partial charge on any atom is -0.391 e. The van der Waals surface area contributed by atoms with E-state index in [9.17, 15) is 17.9 Å². The van der Waals surface area contributed by atoms with Gasteiger partial charge in [0.15, 0.2) is 5.82 Å². The molecule has 0 atom stereocenters. The van der Waals surface area contributed by atoms with Gasteiger partial charge in [-0.1, -0.05) is 23.2 Å². The predicted molar refractivity (Wildman–Crippen MR) is 82.2 cm³/mol. The molecule has 1 aromatic heterocycles. The number of hydrogen-bond donors (Lipinski definition) is 2. The number of rotatable bonds is 4. The average Bonchev–Trinajstić information content (AvgIpc) is 2.77. The lowest BCUT2D eigenvalue weighted by atomic mass is 10.3. The van der Waals surface area contributed by atoms with Gasteiger partial charge in [-0.05, 0) is 30.0 Å². The van der Waals surface area contributed by atoms with E-state index in [1.54, 1.807) is 12.3 Å². The fourth-order valence-electron chi connectivity index (χ4n) is 1.78. The molecule has 9 heteroatoms. The molecular weight excluding hydrogens is 360 g/mol. The van der Waals surface area contributed by atoms with Crippen molar-refractivity contribution in [1.29, 1.82) is 0 Å². The summed E-state index contributed by atoms with van der Waals surface area (Å²) < 4.78 is 40.4. The van der Waals surface area contributed by atoms with Crippen molar-refractivity contribution in [3.05, 3.63) is 43.8 Å². The molecular formula is C12H10Cl2FNO3S2. The third-order valence-corrected chi connectivity index (χ3v) is 6.02. The van der Waals surface area contributed by atoms with Crippen LogP contribution in [-0.4, -0.2) is 13.5 Å². The van der Waals surface area contributed by atoms with Crippen LogP contribution < -0.4 is 4.72 Å². The highest BCUT2D eigenvalue weighted by atomic mass is 35.5. The fraction of sp³-hybridized carbons (Fsp3) is 0.167. The van der Waals surface area contributed by atoms with E-state index in [0.29, 0.717) is 10.4 Å². The van der Waals surface area contributed by atoms with Gasteiger partial charge in [0.05, 0.1) is 27.2 Å². The summed E-state index contributed by atoms with van der Waals surface area (Å²) in [5.74, 6) is -0.816. The summed E-state index contributed by atoms with van der Waals surface area (Å²) >= 11 is 12.4. The van der Waals surface area contributed by atoms with Gasteiger partial charge in [-0.2, -0.15) is 0 Å².